The van der Waals surface area contributed by atoms with Gasteiger partial charge in [-0.1, -0.05) is 26.0 Å². The van der Waals surface area contributed by atoms with Crippen molar-refractivity contribution in [2.24, 2.45) is 5.92 Å². The highest BCUT2D eigenvalue weighted by Crippen LogP contribution is 2.38. The maximum Gasteiger partial charge on any atom is 0.281 e. The number of carbonyl (C=O) groups is 1. The lowest BCUT2D eigenvalue weighted by Crippen LogP contribution is -2.41. The van der Waals surface area contributed by atoms with Crippen LogP contribution < -0.4 is 20.1 Å². The maximum absolute atomic E-state index is 13.6. The van der Waals surface area contributed by atoms with E-state index in [1.165, 1.54) is 18.2 Å². The van der Waals surface area contributed by atoms with E-state index < -0.39 is 15.9 Å². The molecule has 3 aromatic rings. The lowest BCUT2D eigenvalue weighted by molar-refractivity contribution is 0.0981. The standard InChI is InChI=1S/C28H35N5O4S/c1-6-12-37-23-11-10-20(13-19(23)3)21-14-22(26(30-16-21)33-17-18(2)15-28(33,4)5)27(34)32-38(35,36)25-9-7-8-24(29)31-25/h7-11,13-14,16,18H,6,12,15,17H2,1-5H3,(H2,29,31)(H,32,34). The summed E-state index contributed by atoms with van der Waals surface area (Å²) in [6.45, 7) is 11.7. The van der Waals surface area contributed by atoms with Crippen molar-refractivity contribution in [2.45, 2.75) is 58.0 Å². The van der Waals surface area contributed by atoms with Crippen LogP contribution in [0, 0.1) is 12.8 Å². The molecular formula is C28H35N5O4S. The summed E-state index contributed by atoms with van der Waals surface area (Å²) in [6.07, 6.45) is 3.55. The van der Waals surface area contributed by atoms with Crippen molar-refractivity contribution in [3.63, 3.8) is 0 Å². The lowest BCUT2D eigenvalue weighted by atomic mass is 9.97. The molecule has 1 fully saturated rings. The van der Waals surface area contributed by atoms with Crippen LogP contribution in [0.5, 0.6) is 5.75 Å². The molecule has 1 aromatic carbocycles. The molecule has 0 aliphatic carbocycles. The highest BCUT2D eigenvalue weighted by molar-refractivity contribution is 7.90. The van der Waals surface area contributed by atoms with E-state index in [4.69, 9.17) is 15.5 Å². The molecule has 4 rings (SSSR count). The van der Waals surface area contributed by atoms with Crippen LogP contribution in [0.25, 0.3) is 11.1 Å². The maximum atomic E-state index is 13.6. The van der Waals surface area contributed by atoms with Crippen molar-refractivity contribution >= 4 is 27.6 Å². The third-order valence-corrected chi connectivity index (χ3v) is 7.89. The molecule has 0 radical (unpaired) electrons. The number of aryl methyl sites for hydroxylation is 1. The highest BCUT2D eigenvalue weighted by atomic mass is 32.2. The van der Waals surface area contributed by atoms with Crippen LogP contribution in [0.2, 0.25) is 0 Å². The van der Waals surface area contributed by atoms with Gasteiger partial charge in [0.25, 0.3) is 15.9 Å². The number of pyridine rings is 2. The molecule has 1 atom stereocenters. The van der Waals surface area contributed by atoms with Gasteiger partial charge in [0.05, 0.1) is 12.2 Å². The second kappa shape index (κ2) is 10.6. The third kappa shape index (κ3) is 5.75. The number of rotatable bonds is 8. The van der Waals surface area contributed by atoms with Gasteiger partial charge in [0.1, 0.15) is 17.4 Å². The largest absolute Gasteiger partial charge is 0.493 e. The number of nitrogens with one attached hydrogen (secondary N) is 1. The number of amides is 1. The summed E-state index contributed by atoms with van der Waals surface area (Å²) >= 11 is 0. The van der Waals surface area contributed by atoms with E-state index in [1.807, 2.05) is 25.1 Å². The minimum atomic E-state index is -4.26. The van der Waals surface area contributed by atoms with Gasteiger partial charge in [-0.3, -0.25) is 4.79 Å². The van der Waals surface area contributed by atoms with E-state index in [9.17, 15) is 13.2 Å². The normalized spacial score (nSPS) is 16.9. The van der Waals surface area contributed by atoms with Gasteiger partial charge < -0.3 is 15.4 Å². The van der Waals surface area contributed by atoms with Crippen molar-refractivity contribution < 1.29 is 17.9 Å². The van der Waals surface area contributed by atoms with E-state index in [0.29, 0.717) is 30.5 Å². The monoisotopic (exact) mass is 537 g/mol. The van der Waals surface area contributed by atoms with Gasteiger partial charge in [-0.25, -0.2) is 14.7 Å². The second-order valence-corrected chi connectivity index (χ2v) is 12.1. The average Bonchev–Trinajstić information content (AvgIpc) is 3.14. The van der Waals surface area contributed by atoms with Crippen LogP contribution >= 0.6 is 0 Å². The molecule has 1 aliphatic rings. The molecule has 3 N–H and O–H groups in total. The summed E-state index contributed by atoms with van der Waals surface area (Å²) in [5.41, 5.74) is 8.06. The smallest absolute Gasteiger partial charge is 0.281 e. The molecule has 1 saturated heterocycles. The Kier molecular flexibility index (Phi) is 7.64. The fraction of sp³-hybridized carbons (Fsp3) is 0.393. The van der Waals surface area contributed by atoms with Crippen molar-refractivity contribution in [3.05, 3.63) is 59.8 Å². The first-order valence-corrected chi connectivity index (χ1v) is 14.2. The zero-order valence-electron chi connectivity index (χ0n) is 22.5. The molecule has 9 nitrogen and oxygen atoms in total. The van der Waals surface area contributed by atoms with Gasteiger partial charge in [0.15, 0.2) is 5.03 Å². The van der Waals surface area contributed by atoms with E-state index in [2.05, 4.69) is 42.3 Å². The number of nitrogens with zero attached hydrogens (tertiary/aromatic N) is 3. The van der Waals surface area contributed by atoms with Crippen molar-refractivity contribution in [3.8, 4) is 16.9 Å². The molecule has 0 bridgehead atoms. The number of benzene rings is 1. The zero-order chi connectivity index (χ0) is 27.7. The molecule has 2 aromatic heterocycles. The molecule has 38 heavy (non-hydrogen) atoms. The molecule has 3 heterocycles. The zero-order valence-corrected chi connectivity index (χ0v) is 23.3. The van der Waals surface area contributed by atoms with Crippen molar-refractivity contribution in [1.29, 1.82) is 0 Å². The summed E-state index contributed by atoms with van der Waals surface area (Å²) in [6, 6.07) is 11.7. The van der Waals surface area contributed by atoms with Gasteiger partial charge in [-0.05, 0) is 81.0 Å². The quantitative estimate of drug-likeness (QED) is 0.428. The Hall–Kier alpha value is -3.66. The van der Waals surface area contributed by atoms with Crippen LogP contribution in [0.1, 0.15) is 56.5 Å². The number of hydrogen-bond acceptors (Lipinski definition) is 8. The van der Waals surface area contributed by atoms with E-state index in [0.717, 1.165) is 29.7 Å². The second-order valence-electron chi connectivity index (χ2n) is 10.5. The van der Waals surface area contributed by atoms with Gasteiger partial charge in [-0.15, -0.1) is 0 Å². The molecule has 1 aliphatic heterocycles. The van der Waals surface area contributed by atoms with Gasteiger partial charge in [-0.2, -0.15) is 8.42 Å². The van der Waals surface area contributed by atoms with Gasteiger partial charge in [0, 0.05) is 23.8 Å². The lowest BCUT2D eigenvalue weighted by Gasteiger charge is -2.33. The van der Waals surface area contributed by atoms with Gasteiger partial charge >= 0.3 is 0 Å². The predicted octanol–water partition coefficient (Wildman–Crippen LogP) is 4.57. The Morgan fingerprint density at radius 2 is 1.97 bits per heavy atom. The number of aromatic nitrogens is 2. The molecule has 1 unspecified atom stereocenters. The number of ether oxygens (including phenoxy) is 1. The third-order valence-electron chi connectivity index (χ3n) is 6.66. The molecule has 0 saturated carbocycles. The Balaban J connectivity index is 1.76. The summed E-state index contributed by atoms with van der Waals surface area (Å²) in [5.74, 6) is 0.885. The molecule has 1 amide bonds. The van der Waals surface area contributed by atoms with Gasteiger partial charge in [0.2, 0.25) is 0 Å². The Morgan fingerprint density at radius 3 is 2.61 bits per heavy atom. The summed E-state index contributed by atoms with van der Waals surface area (Å²) in [5, 5.41) is -0.329. The van der Waals surface area contributed by atoms with E-state index >= 15 is 0 Å². The number of sulfonamides is 1. The SMILES string of the molecule is CCCOc1ccc(-c2cnc(N3CC(C)CC3(C)C)c(C(=O)NS(=O)(=O)c3cccc(N)n3)c2)cc1C. The van der Waals surface area contributed by atoms with E-state index in [-0.39, 0.29) is 21.9 Å². The fourth-order valence-electron chi connectivity index (χ4n) is 4.97. The Morgan fingerprint density at radius 1 is 1.21 bits per heavy atom. The van der Waals surface area contributed by atoms with Crippen LogP contribution in [-0.4, -0.2) is 43.0 Å². The summed E-state index contributed by atoms with van der Waals surface area (Å²) in [4.78, 5) is 24.2. The first-order chi connectivity index (χ1) is 17.9. The number of anilines is 2. The Bertz CT molecular complexity index is 1460. The van der Waals surface area contributed by atoms with Crippen molar-refractivity contribution in [1.82, 2.24) is 14.7 Å². The molecular weight excluding hydrogens is 502 g/mol. The number of nitrogen functional groups attached to an aromatic ring is 1. The minimum Gasteiger partial charge on any atom is -0.493 e. The predicted molar refractivity (Wildman–Crippen MR) is 149 cm³/mol. The first kappa shape index (κ1) is 27.4. The van der Waals surface area contributed by atoms with Crippen LogP contribution in [0.15, 0.2) is 53.7 Å². The van der Waals surface area contributed by atoms with Crippen LogP contribution in [0.4, 0.5) is 11.6 Å². The topological polar surface area (TPSA) is 128 Å². The number of carbonyl (C=O) groups excluding carboxylic acids is 1. The summed E-state index contributed by atoms with van der Waals surface area (Å²) < 4.78 is 34.0. The van der Waals surface area contributed by atoms with Crippen molar-refractivity contribution in [2.75, 3.05) is 23.8 Å². The Labute approximate surface area is 224 Å². The molecule has 0 spiro atoms. The van der Waals surface area contributed by atoms with E-state index in [1.54, 1.807) is 12.3 Å². The molecule has 202 valence electrons. The summed E-state index contributed by atoms with van der Waals surface area (Å²) in [7, 11) is -4.26. The fourth-order valence-corrected chi connectivity index (χ4v) is 5.91. The first-order valence-electron chi connectivity index (χ1n) is 12.7. The number of nitrogens with two attached hydrogens (primary N) is 1. The average molecular weight is 538 g/mol. The highest BCUT2D eigenvalue weighted by Gasteiger charge is 2.39. The van der Waals surface area contributed by atoms with Crippen LogP contribution in [-0.2, 0) is 10.0 Å². The van der Waals surface area contributed by atoms with Crippen LogP contribution in [0.3, 0.4) is 0 Å². The molecule has 10 heteroatoms. The minimum absolute atomic E-state index is 0.0409. The number of hydrogen-bond donors (Lipinski definition) is 2.